The molecule has 28 heavy (non-hydrogen) atoms. The molecular formula is C17H15ClFN5O3S. The van der Waals surface area contributed by atoms with Crippen LogP contribution in [0.15, 0.2) is 30.5 Å². The topological polar surface area (TPSA) is 106 Å². The number of aryl methyl sites for hydroxylation is 1. The standard InChI is InChI=1S/C17H15ClFN5O3S/c1-24-16(17(25)21-9-2-5-13(19)12(18)6-9)11-8-20-15(7-14(11)22-24)23-28(26,27)10-3-4-10/h2,5-8,10,23H,3-4H2,1H3,(H,21,25). The maximum absolute atomic E-state index is 13.3. The second kappa shape index (κ2) is 6.71. The molecule has 11 heteroatoms. The van der Waals surface area contributed by atoms with E-state index in [4.69, 9.17) is 11.6 Å². The van der Waals surface area contributed by atoms with Crippen LogP contribution in [-0.2, 0) is 17.1 Å². The fraction of sp³-hybridized carbons (Fsp3) is 0.235. The molecule has 1 aliphatic carbocycles. The molecule has 1 fully saturated rings. The third-order valence-electron chi connectivity index (χ3n) is 4.32. The van der Waals surface area contributed by atoms with Crippen LogP contribution in [0.25, 0.3) is 10.9 Å². The summed E-state index contributed by atoms with van der Waals surface area (Å²) in [6, 6.07) is 5.32. The first-order chi connectivity index (χ1) is 13.2. The van der Waals surface area contributed by atoms with Gasteiger partial charge in [0.05, 0.1) is 21.2 Å². The summed E-state index contributed by atoms with van der Waals surface area (Å²) >= 11 is 5.74. The monoisotopic (exact) mass is 423 g/mol. The number of hydrogen-bond donors (Lipinski definition) is 2. The maximum Gasteiger partial charge on any atom is 0.274 e. The summed E-state index contributed by atoms with van der Waals surface area (Å²) in [4.78, 5) is 16.8. The summed E-state index contributed by atoms with van der Waals surface area (Å²) < 4.78 is 41.2. The van der Waals surface area contributed by atoms with Gasteiger partial charge in [-0.15, -0.1) is 0 Å². The van der Waals surface area contributed by atoms with Gasteiger partial charge in [-0.1, -0.05) is 11.6 Å². The Balaban J connectivity index is 1.62. The SMILES string of the molecule is Cn1nc2cc(NS(=O)(=O)C3CC3)ncc2c1C(=O)Nc1ccc(F)c(Cl)c1. The Morgan fingerprint density at radius 3 is 2.75 bits per heavy atom. The summed E-state index contributed by atoms with van der Waals surface area (Å²) in [6.45, 7) is 0. The third-order valence-corrected chi connectivity index (χ3v) is 6.45. The Kier molecular flexibility index (Phi) is 4.47. The number of pyridine rings is 1. The predicted molar refractivity (Wildman–Crippen MR) is 103 cm³/mol. The highest BCUT2D eigenvalue weighted by molar-refractivity contribution is 7.93. The van der Waals surface area contributed by atoms with E-state index in [1.54, 1.807) is 7.05 Å². The largest absolute Gasteiger partial charge is 0.321 e. The lowest BCUT2D eigenvalue weighted by Crippen LogP contribution is -2.18. The number of rotatable bonds is 5. The normalized spacial score (nSPS) is 14.2. The zero-order valence-electron chi connectivity index (χ0n) is 14.6. The molecule has 0 saturated heterocycles. The van der Waals surface area contributed by atoms with Crippen molar-refractivity contribution < 1.29 is 17.6 Å². The van der Waals surface area contributed by atoms with Gasteiger partial charge in [-0.3, -0.25) is 14.2 Å². The van der Waals surface area contributed by atoms with Gasteiger partial charge in [-0.25, -0.2) is 17.8 Å². The zero-order valence-corrected chi connectivity index (χ0v) is 16.2. The highest BCUT2D eigenvalue weighted by Gasteiger charge is 2.36. The second-order valence-corrected chi connectivity index (χ2v) is 8.86. The van der Waals surface area contributed by atoms with E-state index in [9.17, 15) is 17.6 Å². The molecule has 8 nitrogen and oxygen atoms in total. The number of fused-ring (bicyclic) bond motifs is 1. The number of sulfonamides is 1. The molecule has 0 aliphatic heterocycles. The molecule has 0 radical (unpaired) electrons. The molecule has 1 aromatic carbocycles. The molecule has 1 amide bonds. The number of nitrogens with one attached hydrogen (secondary N) is 2. The van der Waals surface area contributed by atoms with Crippen molar-refractivity contribution in [3.63, 3.8) is 0 Å². The molecule has 146 valence electrons. The number of aromatic nitrogens is 3. The van der Waals surface area contributed by atoms with E-state index in [-0.39, 0.29) is 21.8 Å². The average molecular weight is 424 g/mol. The van der Waals surface area contributed by atoms with Gasteiger partial charge in [0.15, 0.2) is 0 Å². The van der Waals surface area contributed by atoms with Crippen molar-refractivity contribution >= 4 is 49.9 Å². The van der Waals surface area contributed by atoms with Crippen molar-refractivity contribution in [2.45, 2.75) is 18.1 Å². The molecule has 0 bridgehead atoms. The zero-order chi connectivity index (χ0) is 20.1. The maximum atomic E-state index is 13.3. The quantitative estimate of drug-likeness (QED) is 0.656. The summed E-state index contributed by atoms with van der Waals surface area (Å²) in [5.74, 6) is -0.924. The first kappa shape index (κ1) is 18.6. The Labute approximate surface area is 164 Å². The Hall–Kier alpha value is -2.72. The molecule has 2 heterocycles. The fourth-order valence-electron chi connectivity index (χ4n) is 2.79. The number of anilines is 2. The third kappa shape index (κ3) is 3.52. The van der Waals surface area contributed by atoms with E-state index in [0.717, 1.165) is 6.07 Å². The molecule has 2 aromatic heterocycles. The number of carbonyl (C=O) groups excluding carboxylic acids is 1. The molecule has 2 N–H and O–H groups in total. The minimum absolute atomic E-state index is 0.109. The minimum atomic E-state index is -3.45. The molecule has 3 aromatic rings. The van der Waals surface area contributed by atoms with Crippen molar-refractivity contribution in [3.8, 4) is 0 Å². The van der Waals surface area contributed by atoms with Crippen molar-refractivity contribution in [3.05, 3.63) is 47.0 Å². The minimum Gasteiger partial charge on any atom is -0.321 e. The molecule has 0 spiro atoms. The smallest absolute Gasteiger partial charge is 0.274 e. The van der Waals surface area contributed by atoms with Gasteiger partial charge < -0.3 is 5.32 Å². The molecule has 1 aliphatic rings. The van der Waals surface area contributed by atoms with E-state index >= 15 is 0 Å². The van der Waals surface area contributed by atoms with E-state index in [1.807, 2.05) is 0 Å². The number of carbonyl (C=O) groups is 1. The summed E-state index contributed by atoms with van der Waals surface area (Å²) in [7, 11) is -1.86. The van der Waals surface area contributed by atoms with Crippen molar-refractivity contribution in [2.75, 3.05) is 10.0 Å². The van der Waals surface area contributed by atoms with Gasteiger partial charge in [-0.2, -0.15) is 5.10 Å². The molecular weight excluding hydrogens is 409 g/mol. The second-order valence-electron chi connectivity index (χ2n) is 6.49. The molecule has 0 unspecified atom stereocenters. The van der Waals surface area contributed by atoms with Crippen LogP contribution in [0.3, 0.4) is 0 Å². The van der Waals surface area contributed by atoms with E-state index in [1.165, 1.54) is 29.1 Å². The van der Waals surface area contributed by atoms with Crippen molar-refractivity contribution in [2.24, 2.45) is 7.05 Å². The van der Waals surface area contributed by atoms with E-state index < -0.39 is 21.7 Å². The van der Waals surface area contributed by atoms with Crippen LogP contribution < -0.4 is 10.0 Å². The average Bonchev–Trinajstić information content (AvgIpc) is 3.41. The lowest BCUT2D eigenvalue weighted by Gasteiger charge is -2.07. The van der Waals surface area contributed by atoms with Crippen LogP contribution >= 0.6 is 11.6 Å². The first-order valence-corrected chi connectivity index (χ1v) is 10.3. The molecule has 1 saturated carbocycles. The number of nitrogens with zero attached hydrogens (tertiary/aromatic N) is 3. The Bertz CT molecular complexity index is 1210. The van der Waals surface area contributed by atoms with E-state index in [2.05, 4.69) is 20.1 Å². The number of benzene rings is 1. The lowest BCUT2D eigenvalue weighted by molar-refractivity contribution is 0.101. The predicted octanol–water partition coefficient (Wildman–Crippen LogP) is 2.92. The van der Waals surface area contributed by atoms with Crippen LogP contribution in [0, 0.1) is 5.82 Å². The van der Waals surface area contributed by atoms with Gasteiger partial charge >= 0.3 is 0 Å². The number of amides is 1. The summed E-state index contributed by atoms with van der Waals surface area (Å²) in [5.41, 5.74) is 0.959. The lowest BCUT2D eigenvalue weighted by atomic mass is 10.2. The first-order valence-electron chi connectivity index (χ1n) is 8.35. The molecule has 0 atom stereocenters. The van der Waals surface area contributed by atoms with Crippen LogP contribution in [0.5, 0.6) is 0 Å². The number of halogens is 2. The van der Waals surface area contributed by atoms with Gasteiger partial charge in [0.1, 0.15) is 17.3 Å². The summed E-state index contributed by atoms with van der Waals surface area (Å²) in [6.07, 6.45) is 2.66. The van der Waals surface area contributed by atoms with E-state index in [0.29, 0.717) is 29.4 Å². The summed E-state index contributed by atoms with van der Waals surface area (Å²) in [5, 5.41) is 6.85. The number of hydrogen-bond acceptors (Lipinski definition) is 5. The van der Waals surface area contributed by atoms with Crippen LogP contribution in [0.4, 0.5) is 15.9 Å². The van der Waals surface area contributed by atoms with Gasteiger partial charge in [0, 0.05) is 25.0 Å². The van der Waals surface area contributed by atoms with Crippen LogP contribution in [-0.4, -0.2) is 34.3 Å². The molecule has 4 rings (SSSR count). The van der Waals surface area contributed by atoms with Gasteiger partial charge in [0.2, 0.25) is 10.0 Å². The van der Waals surface area contributed by atoms with Crippen LogP contribution in [0.2, 0.25) is 5.02 Å². The van der Waals surface area contributed by atoms with Crippen LogP contribution in [0.1, 0.15) is 23.3 Å². The van der Waals surface area contributed by atoms with Gasteiger partial charge in [0.25, 0.3) is 5.91 Å². The Morgan fingerprint density at radius 1 is 1.32 bits per heavy atom. The fourth-order valence-corrected chi connectivity index (χ4v) is 4.30. The highest BCUT2D eigenvalue weighted by Crippen LogP contribution is 2.30. The van der Waals surface area contributed by atoms with Gasteiger partial charge in [-0.05, 0) is 31.0 Å². The van der Waals surface area contributed by atoms with Crippen molar-refractivity contribution in [1.29, 1.82) is 0 Å². The highest BCUT2D eigenvalue weighted by atomic mass is 35.5. The Morgan fingerprint density at radius 2 is 2.07 bits per heavy atom. The van der Waals surface area contributed by atoms with Crippen molar-refractivity contribution in [1.82, 2.24) is 14.8 Å².